The van der Waals surface area contributed by atoms with Gasteiger partial charge in [-0.1, -0.05) is 11.8 Å². The normalized spacial score (nSPS) is 27.5. The number of ether oxygens (including phenoxy) is 3. The fourth-order valence-electron chi connectivity index (χ4n) is 4.62. The highest BCUT2D eigenvalue weighted by Gasteiger charge is 2.77. The number of alkyl halides is 2. The Morgan fingerprint density at radius 3 is 2.05 bits per heavy atom. The molecule has 0 bridgehead atoms. The molecule has 0 aliphatic heterocycles. The number of amides is 1. The summed E-state index contributed by atoms with van der Waals surface area (Å²) in [6.45, 7) is 15.3. The number of aromatic nitrogens is 3. The number of hydrogen-bond acceptors (Lipinski definition) is 9. The van der Waals surface area contributed by atoms with Gasteiger partial charge in [0, 0.05) is 11.2 Å². The fourth-order valence-corrected chi connectivity index (χ4v) is 5.98. The zero-order chi connectivity index (χ0) is 28.1. The number of alkyl carbamates (subject to hydrolysis) is 1. The number of nitrogens with one attached hydrogen (secondary N) is 2. The van der Waals surface area contributed by atoms with Crippen LogP contribution in [-0.2, 0) is 23.8 Å². The van der Waals surface area contributed by atoms with Crippen LogP contribution in [-0.4, -0.2) is 60.8 Å². The van der Waals surface area contributed by atoms with Crippen LogP contribution in [0.5, 0.6) is 0 Å². The summed E-state index contributed by atoms with van der Waals surface area (Å²) in [6, 6.07) is 0. The SMILES string of the molecule is CC(C)(C)OC(=O)N[C@@]1(C(=O)OC(C)(C)C)C[C@@H](Sc2n[nH]c(C(F)F)n2)[C@H]2[C@H](C(=O)OC(C)(C)C)[C@H]21. The Hall–Kier alpha value is -2.44. The van der Waals surface area contributed by atoms with Crippen molar-refractivity contribution in [1.29, 1.82) is 0 Å². The van der Waals surface area contributed by atoms with Crippen LogP contribution in [0.15, 0.2) is 5.16 Å². The van der Waals surface area contributed by atoms with Gasteiger partial charge in [0.05, 0.1) is 5.92 Å². The van der Waals surface area contributed by atoms with Crippen LogP contribution in [0, 0.1) is 17.8 Å². The number of fused-ring (bicyclic) bond motifs is 1. The van der Waals surface area contributed by atoms with Crippen LogP contribution in [0.25, 0.3) is 0 Å². The lowest BCUT2D eigenvalue weighted by molar-refractivity contribution is -0.165. The van der Waals surface area contributed by atoms with E-state index < -0.39 is 75.6 Å². The zero-order valence-corrected chi connectivity index (χ0v) is 23.4. The van der Waals surface area contributed by atoms with Gasteiger partial charge in [-0.25, -0.2) is 23.4 Å². The lowest BCUT2D eigenvalue weighted by Crippen LogP contribution is -2.59. The smallest absolute Gasteiger partial charge is 0.408 e. The molecule has 0 unspecified atom stereocenters. The van der Waals surface area contributed by atoms with E-state index in [9.17, 15) is 23.2 Å². The van der Waals surface area contributed by atoms with Crippen LogP contribution >= 0.6 is 11.8 Å². The van der Waals surface area contributed by atoms with Gasteiger partial charge in [0.15, 0.2) is 5.82 Å². The summed E-state index contributed by atoms with van der Waals surface area (Å²) in [6.07, 6.45) is -3.61. The second-order valence-corrected chi connectivity index (χ2v) is 13.6. The topological polar surface area (TPSA) is 132 Å². The molecule has 1 aromatic heterocycles. The summed E-state index contributed by atoms with van der Waals surface area (Å²) < 4.78 is 42.8. The van der Waals surface area contributed by atoms with Gasteiger partial charge < -0.3 is 19.5 Å². The monoisotopic (exact) mass is 546 g/mol. The Bertz CT molecular complexity index is 1050. The summed E-state index contributed by atoms with van der Waals surface area (Å²) in [5, 5.41) is 8.34. The van der Waals surface area contributed by atoms with Crippen molar-refractivity contribution < 1.29 is 37.4 Å². The molecule has 0 saturated heterocycles. The number of esters is 2. The Morgan fingerprint density at radius 2 is 1.57 bits per heavy atom. The Labute approximate surface area is 219 Å². The molecule has 2 fully saturated rings. The highest BCUT2D eigenvalue weighted by atomic mass is 32.2. The minimum atomic E-state index is -2.83. The van der Waals surface area contributed by atoms with Crippen LogP contribution < -0.4 is 5.32 Å². The zero-order valence-electron chi connectivity index (χ0n) is 22.6. The van der Waals surface area contributed by atoms with E-state index in [1.165, 1.54) is 0 Å². The first-order valence-electron chi connectivity index (χ1n) is 12.1. The lowest BCUT2D eigenvalue weighted by Gasteiger charge is -2.35. The van der Waals surface area contributed by atoms with Crippen molar-refractivity contribution in [3.8, 4) is 0 Å². The van der Waals surface area contributed by atoms with E-state index in [2.05, 4.69) is 20.5 Å². The van der Waals surface area contributed by atoms with Gasteiger partial charge in [-0.15, -0.1) is 5.10 Å². The highest BCUT2D eigenvalue weighted by Crippen LogP contribution is 2.66. The van der Waals surface area contributed by atoms with Crippen molar-refractivity contribution in [2.24, 2.45) is 17.8 Å². The van der Waals surface area contributed by atoms with E-state index >= 15 is 0 Å². The van der Waals surface area contributed by atoms with Gasteiger partial charge in [0.2, 0.25) is 5.16 Å². The molecule has 1 aromatic rings. The van der Waals surface area contributed by atoms with E-state index in [1.54, 1.807) is 62.3 Å². The van der Waals surface area contributed by atoms with Gasteiger partial charge in [0.1, 0.15) is 22.3 Å². The Morgan fingerprint density at radius 1 is 1.00 bits per heavy atom. The summed E-state index contributed by atoms with van der Waals surface area (Å²) in [5.74, 6) is -3.62. The summed E-state index contributed by atoms with van der Waals surface area (Å²) in [7, 11) is 0. The molecule has 0 radical (unpaired) electrons. The number of hydrogen-bond donors (Lipinski definition) is 2. The molecular formula is C24H36F2N4O6S. The van der Waals surface area contributed by atoms with Crippen molar-refractivity contribution in [2.45, 2.75) is 108 Å². The number of thioether (sulfide) groups is 1. The van der Waals surface area contributed by atoms with Gasteiger partial charge in [0.25, 0.3) is 6.43 Å². The molecule has 5 atom stereocenters. The second-order valence-electron chi connectivity index (χ2n) is 12.4. The van der Waals surface area contributed by atoms with E-state index in [0.717, 1.165) is 11.8 Å². The lowest BCUT2D eigenvalue weighted by atomic mass is 9.89. The third-order valence-corrected chi connectivity index (χ3v) is 6.89. The maximum Gasteiger partial charge on any atom is 0.408 e. The van der Waals surface area contributed by atoms with E-state index in [0.29, 0.717) is 0 Å². The third-order valence-electron chi connectivity index (χ3n) is 5.71. The minimum Gasteiger partial charge on any atom is -0.460 e. The van der Waals surface area contributed by atoms with Crippen LogP contribution in [0.4, 0.5) is 13.6 Å². The van der Waals surface area contributed by atoms with Crippen molar-refractivity contribution in [3.63, 3.8) is 0 Å². The summed E-state index contributed by atoms with van der Waals surface area (Å²) in [5.41, 5.74) is -4.11. The maximum absolute atomic E-state index is 13.7. The second kappa shape index (κ2) is 9.70. The fraction of sp³-hybridized carbons (Fsp3) is 0.792. The summed E-state index contributed by atoms with van der Waals surface area (Å²) in [4.78, 5) is 43.6. The quantitative estimate of drug-likeness (QED) is 0.393. The third kappa shape index (κ3) is 6.91. The van der Waals surface area contributed by atoms with E-state index in [1.807, 2.05) is 0 Å². The minimum absolute atomic E-state index is 0.0474. The molecule has 37 heavy (non-hydrogen) atoms. The Kier molecular flexibility index (Phi) is 7.64. The van der Waals surface area contributed by atoms with Gasteiger partial charge >= 0.3 is 18.0 Å². The standard InChI is InChI=1S/C24H36F2N4O6S/c1-21(2,3)34-17(31)13-12-11(37-19-27-16(15(25)26)29-30-19)10-24(14(12)13,18(32)35-22(4,5)6)28-20(33)36-23(7,8)9/h11-15H,10H2,1-9H3,(H,28,33)(H,27,29,30)/t11-,12+,13+,14+,24+/m1/s1. The molecule has 3 rings (SSSR count). The molecule has 1 amide bonds. The number of halogens is 2. The average Bonchev–Trinajstić information content (AvgIpc) is 3.11. The predicted molar refractivity (Wildman–Crippen MR) is 130 cm³/mol. The largest absolute Gasteiger partial charge is 0.460 e. The Balaban J connectivity index is 1.99. The maximum atomic E-state index is 13.7. The molecule has 0 spiro atoms. The summed E-state index contributed by atoms with van der Waals surface area (Å²) >= 11 is 1.06. The van der Waals surface area contributed by atoms with Crippen LogP contribution in [0.3, 0.4) is 0 Å². The first-order valence-corrected chi connectivity index (χ1v) is 12.9. The molecule has 2 aliphatic carbocycles. The molecule has 0 aromatic carbocycles. The molecule has 10 nitrogen and oxygen atoms in total. The molecule has 208 valence electrons. The van der Waals surface area contributed by atoms with Gasteiger partial charge in [-0.3, -0.25) is 9.89 Å². The number of H-pyrrole nitrogens is 1. The van der Waals surface area contributed by atoms with Crippen LogP contribution in [0.1, 0.15) is 81.0 Å². The highest BCUT2D eigenvalue weighted by molar-refractivity contribution is 7.99. The van der Waals surface area contributed by atoms with E-state index in [-0.39, 0.29) is 11.6 Å². The number of carbonyl (C=O) groups is 3. The van der Waals surface area contributed by atoms with Gasteiger partial charge in [-0.05, 0) is 74.7 Å². The molecule has 13 heteroatoms. The first-order chi connectivity index (χ1) is 16.7. The number of carbonyl (C=O) groups excluding carboxylic acids is 3. The predicted octanol–water partition coefficient (Wildman–Crippen LogP) is 4.42. The number of nitrogens with zero attached hydrogens (tertiary/aromatic N) is 2. The van der Waals surface area contributed by atoms with Gasteiger partial charge in [-0.2, -0.15) is 0 Å². The van der Waals surface area contributed by atoms with Crippen molar-refractivity contribution >= 4 is 29.8 Å². The average molecular weight is 547 g/mol. The number of rotatable bonds is 6. The van der Waals surface area contributed by atoms with Crippen molar-refractivity contribution in [3.05, 3.63) is 5.82 Å². The molecular weight excluding hydrogens is 510 g/mol. The van der Waals surface area contributed by atoms with E-state index in [4.69, 9.17) is 14.2 Å². The molecule has 2 N–H and O–H groups in total. The molecule has 2 saturated carbocycles. The van der Waals surface area contributed by atoms with Crippen LogP contribution in [0.2, 0.25) is 0 Å². The first kappa shape index (κ1) is 29.1. The molecule has 1 heterocycles. The van der Waals surface area contributed by atoms with Crippen molar-refractivity contribution in [1.82, 2.24) is 20.5 Å². The molecule has 2 aliphatic rings. The number of aromatic amines is 1. The van der Waals surface area contributed by atoms with Crippen molar-refractivity contribution in [2.75, 3.05) is 0 Å².